The number of aliphatic carboxylic acids is 1. The molecule has 7 nitrogen and oxygen atoms in total. The Bertz CT molecular complexity index is 519. The molecule has 0 aromatic carbocycles. The lowest BCUT2D eigenvalue weighted by atomic mass is 10.2. The lowest BCUT2D eigenvalue weighted by Gasteiger charge is -2.04. The zero-order valence-corrected chi connectivity index (χ0v) is 17.3. The predicted octanol–water partition coefficient (Wildman–Crippen LogP) is 3.84. The SMILES string of the molecule is C=C(C)C(=O)OCC1CO1.C=C(CC)C(=O)OCCCCCC.C=CC(=O)O. The van der Waals surface area contributed by atoms with Gasteiger partial charge in [0.1, 0.15) is 12.7 Å². The van der Waals surface area contributed by atoms with Gasteiger partial charge in [-0.2, -0.15) is 0 Å². The molecule has 1 aliphatic heterocycles. The van der Waals surface area contributed by atoms with E-state index in [1.54, 1.807) is 6.92 Å². The molecule has 1 unspecified atom stereocenters. The quantitative estimate of drug-likeness (QED) is 0.244. The highest BCUT2D eigenvalue weighted by molar-refractivity contribution is 5.87. The van der Waals surface area contributed by atoms with E-state index < -0.39 is 5.97 Å². The van der Waals surface area contributed by atoms with Crippen LogP contribution in [0.1, 0.15) is 52.9 Å². The monoisotopic (exact) mass is 398 g/mol. The molecule has 0 aliphatic carbocycles. The van der Waals surface area contributed by atoms with E-state index in [4.69, 9.17) is 19.3 Å². The maximum Gasteiger partial charge on any atom is 0.333 e. The number of epoxide rings is 1. The number of unbranched alkanes of at least 4 members (excludes halogenated alkanes) is 3. The first-order chi connectivity index (χ1) is 13.2. The largest absolute Gasteiger partial charge is 0.478 e. The molecule has 0 radical (unpaired) electrons. The summed E-state index contributed by atoms with van der Waals surface area (Å²) in [5.41, 5.74) is 0.996. The van der Waals surface area contributed by atoms with Gasteiger partial charge < -0.3 is 19.3 Å². The zero-order chi connectivity index (χ0) is 21.9. The third kappa shape index (κ3) is 19.9. The van der Waals surface area contributed by atoms with Crippen molar-refractivity contribution in [3.63, 3.8) is 0 Å². The van der Waals surface area contributed by atoms with Gasteiger partial charge in [-0.25, -0.2) is 14.4 Å². The Morgan fingerprint density at radius 2 is 1.68 bits per heavy atom. The summed E-state index contributed by atoms with van der Waals surface area (Å²) in [6.45, 7) is 17.3. The normalized spacial score (nSPS) is 13.5. The average Bonchev–Trinajstić information content (AvgIpc) is 3.50. The highest BCUT2D eigenvalue weighted by Crippen LogP contribution is 2.09. The fourth-order valence-corrected chi connectivity index (χ4v) is 1.40. The summed E-state index contributed by atoms with van der Waals surface area (Å²) in [6, 6.07) is 0. The fourth-order valence-electron chi connectivity index (χ4n) is 1.40. The Morgan fingerprint density at radius 1 is 1.11 bits per heavy atom. The molecule has 1 heterocycles. The molecule has 1 aliphatic rings. The second kappa shape index (κ2) is 18.0. The van der Waals surface area contributed by atoms with Gasteiger partial charge in [-0.05, 0) is 19.8 Å². The number of carboxylic acids is 1. The van der Waals surface area contributed by atoms with Crippen LogP contribution >= 0.6 is 0 Å². The number of hydrogen-bond acceptors (Lipinski definition) is 6. The van der Waals surface area contributed by atoms with Crippen molar-refractivity contribution in [1.29, 1.82) is 0 Å². The first-order valence-electron chi connectivity index (χ1n) is 9.33. The van der Waals surface area contributed by atoms with Crippen LogP contribution in [0.15, 0.2) is 37.0 Å². The number of esters is 2. The van der Waals surface area contributed by atoms with Gasteiger partial charge in [-0.3, -0.25) is 0 Å². The van der Waals surface area contributed by atoms with Crippen LogP contribution in [0.5, 0.6) is 0 Å². The second-order valence-corrected chi connectivity index (χ2v) is 6.03. The molecule has 7 heteroatoms. The van der Waals surface area contributed by atoms with Gasteiger partial charge in [0.2, 0.25) is 0 Å². The molecule has 160 valence electrons. The molecule has 0 spiro atoms. The highest BCUT2D eigenvalue weighted by atomic mass is 16.6. The van der Waals surface area contributed by atoms with Crippen LogP contribution in [0.25, 0.3) is 0 Å². The molecule has 1 rings (SSSR count). The van der Waals surface area contributed by atoms with Crippen LogP contribution in [0, 0.1) is 0 Å². The summed E-state index contributed by atoms with van der Waals surface area (Å²) in [4.78, 5) is 31.0. The van der Waals surface area contributed by atoms with Crippen molar-refractivity contribution < 1.29 is 33.7 Å². The molecule has 0 amide bonds. The Morgan fingerprint density at radius 3 is 2.07 bits per heavy atom. The molecular formula is C21H34O7. The smallest absolute Gasteiger partial charge is 0.333 e. The molecule has 0 aromatic heterocycles. The average molecular weight is 398 g/mol. The van der Waals surface area contributed by atoms with E-state index in [2.05, 4.69) is 26.7 Å². The van der Waals surface area contributed by atoms with E-state index in [9.17, 15) is 14.4 Å². The number of carbonyl (C=O) groups excluding carboxylic acids is 2. The maximum atomic E-state index is 11.1. The number of carbonyl (C=O) groups is 3. The molecule has 0 aromatic rings. The van der Waals surface area contributed by atoms with Crippen molar-refractivity contribution in [3.05, 3.63) is 37.0 Å². The summed E-state index contributed by atoms with van der Waals surface area (Å²) >= 11 is 0. The summed E-state index contributed by atoms with van der Waals surface area (Å²) < 4.78 is 14.6. The summed E-state index contributed by atoms with van der Waals surface area (Å²) in [5, 5.41) is 7.60. The maximum absolute atomic E-state index is 11.1. The fraction of sp³-hybridized carbons (Fsp3) is 0.571. The first kappa shape index (κ1) is 27.8. The van der Waals surface area contributed by atoms with Crippen LogP contribution in [-0.4, -0.2) is 48.9 Å². The third-order valence-electron chi connectivity index (χ3n) is 3.27. The third-order valence-corrected chi connectivity index (χ3v) is 3.27. The molecule has 1 fully saturated rings. The van der Waals surface area contributed by atoms with Crippen LogP contribution in [-0.2, 0) is 28.6 Å². The van der Waals surface area contributed by atoms with E-state index >= 15 is 0 Å². The van der Waals surface area contributed by atoms with Gasteiger partial charge in [0.05, 0.1) is 13.2 Å². The van der Waals surface area contributed by atoms with Gasteiger partial charge in [-0.15, -0.1) is 0 Å². The highest BCUT2D eigenvalue weighted by Gasteiger charge is 2.24. The number of hydrogen-bond donors (Lipinski definition) is 1. The van der Waals surface area contributed by atoms with Crippen molar-refractivity contribution >= 4 is 17.9 Å². The minimum atomic E-state index is -0.981. The first-order valence-corrected chi connectivity index (χ1v) is 9.33. The molecule has 1 atom stereocenters. The lowest BCUT2D eigenvalue weighted by Crippen LogP contribution is -2.09. The number of carboxylic acid groups (broad SMARTS) is 1. The van der Waals surface area contributed by atoms with Crippen molar-refractivity contribution in [2.24, 2.45) is 0 Å². The van der Waals surface area contributed by atoms with E-state index in [0.717, 1.165) is 18.9 Å². The van der Waals surface area contributed by atoms with Gasteiger partial charge in [0, 0.05) is 17.2 Å². The number of ether oxygens (including phenoxy) is 3. The van der Waals surface area contributed by atoms with Crippen LogP contribution in [0.4, 0.5) is 0 Å². The van der Waals surface area contributed by atoms with Crippen LogP contribution < -0.4 is 0 Å². The van der Waals surface area contributed by atoms with E-state index in [1.165, 1.54) is 12.8 Å². The van der Waals surface area contributed by atoms with E-state index in [0.29, 0.717) is 37.4 Å². The van der Waals surface area contributed by atoms with E-state index in [-0.39, 0.29) is 18.0 Å². The van der Waals surface area contributed by atoms with Crippen molar-refractivity contribution in [2.75, 3.05) is 19.8 Å². The Labute approximate surface area is 168 Å². The minimum Gasteiger partial charge on any atom is -0.478 e. The molecular weight excluding hydrogens is 364 g/mol. The Hall–Kier alpha value is -2.41. The minimum absolute atomic E-state index is 0.142. The van der Waals surface area contributed by atoms with Crippen molar-refractivity contribution in [1.82, 2.24) is 0 Å². The molecule has 0 bridgehead atoms. The second-order valence-electron chi connectivity index (χ2n) is 6.03. The molecule has 1 saturated heterocycles. The summed E-state index contributed by atoms with van der Waals surface area (Å²) in [6.07, 6.45) is 6.18. The van der Waals surface area contributed by atoms with Crippen molar-refractivity contribution in [3.8, 4) is 0 Å². The Kier molecular flexibility index (Phi) is 17.9. The standard InChI is InChI=1S/C11H20O2.C7H10O3.C3H4O2/c1-4-6-7-8-9-13-11(12)10(3)5-2;1-5(2)7(8)10-4-6-3-9-6;1-2-3(4)5/h3-9H2,1-2H3;6H,1,3-4H2,2H3;2H,1H2,(H,4,5). The van der Waals surface area contributed by atoms with Crippen LogP contribution in [0.2, 0.25) is 0 Å². The van der Waals surface area contributed by atoms with E-state index in [1.807, 2.05) is 6.92 Å². The Balaban J connectivity index is 0. The summed E-state index contributed by atoms with van der Waals surface area (Å²) in [7, 11) is 0. The van der Waals surface area contributed by atoms with Crippen molar-refractivity contribution in [2.45, 2.75) is 59.0 Å². The lowest BCUT2D eigenvalue weighted by molar-refractivity contribution is -0.140. The van der Waals surface area contributed by atoms with Crippen LogP contribution in [0.3, 0.4) is 0 Å². The molecule has 0 saturated carbocycles. The predicted molar refractivity (Wildman–Crippen MR) is 108 cm³/mol. The van der Waals surface area contributed by atoms with Gasteiger partial charge >= 0.3 is 17.9 Å². The van der Waals surface area contributed by atoms with Gasteiger partial charge in [0.15, 0.2) is 0 Å². The number of rotatable bonds is 11. The topological polar surface area (TPSA) is 102 Å². The molecule has 1 N–H and O–H groups in total. The van der Waals surface area contributed by atoms with Gasteiger partial charge in [-0.1, -0.05) is 52.8 Å². The summed E-state index contributed by atoms with van der Waals surface area (Å²) in [5.74, 6) is -1.56. The van der Waals surface area contributed by atoms with Gasteiger partial charge in [0.25, 0.3) is 0 Å². The zero-order valence-electron chi connectivity index (χ0n) is 17.3. The molecule has 28 heavy (non-hydrogen) atoms.